The Hall–Kier alpha value is -2.77. The quantitative estimate of drug-likeness (QED) is 0.734. The lowest BCUT2D eigenvalue weighted by Crippen LogP contribution is -2.34. The van der Waals surface area contributed by atoms with Crippen molar-refractivity contribution >= 4 is 22.6 Å². The van der Waals surface area contributed by atoms with Crippen LogP contribution >= 0.6 is 0 Å². The number of rotatable bonds is 5. The second kappa shape index (κ2) is 6.86. The monoisotopic (exact) mass is 353 g/mol. The number of amides is 1. The van der Waals surface area contributed by atoms with E-state index >= 15 is 0 Å². The van der Waals surface area contributed by atoms with Crippen LogP contribution in [-0.4, -0.2) is 36.1 Å². The van der Waals surface area contributed by atoms with Crippen molar-refractivity contribution in [2.24, 2.45) is 5.41 Å². The van der Waals surface area contributed by atoms with E-state index in [4.69, 9.17) is 0 Å². The summed E-state index contributed by atoms with van der Waals surface area (Å²) in [5.41, 5.74) is 2.55. The Labute approximate surface area is 151 Å². The maximum Gasteiger partial charge on any atom is 0.225 e. The molecule has 1 aliphatic rings. The van der Waals surface area contributed by atoms with Crippen LogP contribution in [0.15, 0.2) is 24.5 Å². The number of aromatic nitrogens is 6. The number of hydrogen-bond acceptors (Lipinski definition) is 5. The fraction of sp³-hybridized carbons (Fsp3) is 0.500. The Morgan fingerprint density at radius 1 is 1.31 bits per heavy atom. The van der Waals surface area contributed by atoms with Crippen molar-refractivity contribution in [3.8, 4) is 0 Å². The highest BCUT2D eigenvalue weighted by molar-refractivity contribution is 5.93. The lowest BCUT2D eigenvalue weighted by molar-refractivity contribution is -0.119. The largest absolute Gasteiger partial charge is 0.342 e. The summed E-state index contributed by atoms with van der Waals surface area (Å²) in [7, 11) is 0. The van der Waals surface area contributed by atoms with E-state index in [1.54, 1.807) is 11.0 Å². The summed E-state index contributed by atoms with van der Waals surface area (Å²) in [5.74, 6) is 0.904. The van der Waals surface area contributed by atoms with E-state index in [9.17, 15) is 4.79 Å². The molecule has 0 radical (unpaired) electrons. The molecule has 8 heteroatoms. The van der Waals surface area contributed by atoms with Gasteiger partial charge in [0.1, 0.15) is 12.2 Å². The smallest absolute Gasteiger partial charge is 0.225 e. The SMILES string of the molecule is Cc1nc2ccc(NC(=O)CC3(Cn4cnnn4)CCCCC3)cc2[nH]1. The van der Waals surface area contributed by atoms with Gasteiger partial charge in [-0.1, -0.05) is 19.3 Å². The van der Waals surface area contributed by atoms with Gasteiger partial charge >= 0.3 is 0 Å². The zero-order valence-electron chi connectivity index (χ0n) is 14.9. The van der Waals surface area contributed by atoms with Gasteiger partial charge in [0.25, 0.3) is 0 Å². The van der Waals surface area contributed by atoms with Crippen LogP contribution in [0.2, 0.25) is 0 Å². The Morgan fingerprint density at radius 2 is 2.15 bits per heavy atom. The number of aryl methyl sites for hydroxylation is 1. The zero-order valence-corrected chi connectivity index (χ0v) is 14.9. The van der Waals surface area contributed by atoms with Gasteiger partial charge in [0.05, 0.1) is 17.6 Å². The van der Waals surface area contributed by atoms with Crippen LogP contribution in [0.5, 0.6) is 0 Å². The molecule has 0 spiro atoms. The second-order valence-electron chi connectivity index (χ2n) is 7.35. The van der Waals surface area contributed by atoms with Gasteiger partial charge in [-0.05, 0) is 53.8 Å². The number of benzene rings is 1. The maximum atomic E-state index is 12.8. The molecule has 2 heterocycles. The zero-order chi connectivity index (χ0) is 18.0. The molecule has 2 aromatic heterocycles. The Balaban J connectivity index is 1.48. The predicted molar refractivity (Wildman–Crippen MR) is 97.4 cm³/mol. The van der Waals surface area contributed by atoms with E-state index in [0.717, 1.165) is 48.2 Å². The van der Waals surface area contributed by atoms with Crippen LogP contribution in [0.1, 0.15) is 44.3 Å². The van der Waals surface area contributed by atoms with Crippen molar-refractivity contribution in [2.75, 3.05) is 5.32 Å². The minimum atomic E-state index is -0.0770. The summed E-state index contributed by atoms with van der Waals surface area (Å²) in [4.78, 5) is 20.4. The van der Waals surface area contributed by atoms with Crippen LogP contribution in [0.25, 0.3) is 11.0 Å². The van der Waals surface area contributed by atoms with Gasteiger partial charge in [-0.2, -0.15) is 0 Å². The first-order valence-corrected chi connectivity index (χ1v) is 9.09. The first-order chi connectivity index (χ1) is 12.6. The van der Waals surface area contributed by atoms with Gasteiger partial charge in [-0.3, -0.25) is 4.79 Å². The fourth-order valence-electron chi connectivity index (χ4n) is 4.05. The molecular formula is C18H23N7O. The van der Waals surface area contributed by atoms with Crippen molar-refractivity contribution in [1.29, 1.82) is 0 Å². The van der Waals surface area contributed by atoms with Gasteiger partial charge in [0, 0.05) is 12.1 Å². The van der Waals surface area contributed by atoms with Crippen LogP contribution in [-0.2, 0) is 11.3 Å². The molecule has 1 aliphatic carbocycles. The summed E-state index contributed by atoms with van der Waals surface area (Å²) in [6.07, 6.45) is 7.69. The third-order valence-corrected chi connectivity index (χ3v) is 5.22. The predicted octanol–water partition coefficient (Wildman–Crippen LogP) is 2.84. The molecule has 4 rings (SSSR count). The first kappa shape index (κ1) is 16.7. The Kier molecular flexibility index (Phi) is 4.40. The fourth-order valence-corrected chi connectivity index (χ4v) is 4.05. The first-order valence-electron chi connectivity index (χ1n) is 9.09. The van der Waals surface area contributed by atoms with Gasteiger partial charge < -0.3 is 10.3 Å². The molecule has 26 heavy (non-hydrogen) atoms. The number of H-pyrrole nitrogens is 1. The van der Waals surface area contributed by atoms with Gasteiger partial charge in [-0.25, -0.2) is 9.67 Å². The number of anilines is 1. The molecule has 1 amide bonds. The number of carbonyl (C=O) groups excluding carboxylic acids is 1. The van der Waals surface area contributed by atoms with E-state index in [1.165, 1.54) is 6.42 Å². The van der Waals surface area contributed by atoms with Gasteiger partial charge in [0.15, 0.2) is 0 Å². The lowest BCUT2D eigenvalue weighted by Gasteiger charge is -2.36. The summed E-state index contributed by atoms with van der Waals surface area (Å²) in [6, 6.07) is 5.75. The second-order valence-corrected chi connectivity index (χ2v) is 7.35. The maximum absolute atomic E-state index is 12.8. The number of imidazole rings is 1. The van der Waals surface area contributed by atoms with Crippen LogP contribution in [0.3, 0.4) is 0 Å². The van der Waals surface area contributed by atoms with E-state index in [-0.39, 0.29) is 11.3 Å². The van der Waals surface area contributed by atoms with Crippen molar-refractivity contribution in [2.45, 2.75) is 52.0 Å². The minimum absolute atomic E-state index is 0.0376. The summed E-state index contributed by atoms with van der Waals surface area (Å²) in [6.45, 7) is 2.61. The highest BCUT2D eigenvalue weighted by Gasteiger charge is 2.35. The highest BCUT2D eigenvalue weighted by Crippen LogP contribution is 2.41. The molecule has 0 aliphatic heterocycles. The summed E-state index contributed by atoms with van der Waals surface area (Å²) in [5, 5.41) is 14.5. The molecule has 1 aromatic carbocycles. The van der Waals surface area contributed by atoms with Crippen molar-refractivity contribution in [3.63, 3.8) is 0 Å². The normalized spacial score (nSPS) is 16.7. The number of tetrazole rings is 1. The molecule has 1 fully saturated rings. The number of aromatic amines is 1. The van der Waals surface area contributed by atoms with Gasteiger partial charge in [0.2, 0.25) is 5.91 Å². The number of fused-ring (bicyclic) bond motifs is 1. The molecule has 136 valence electrons. The molecule has 0 atom stereocenters. The molecule has 0 saturated heterocycles. The average molecular weight is 353 g/mol. The van der Waals surface area contributed by atoms with Crippen LogP contribution in [0.4, 0.5) is 5.69 Å². The van der Waals surface area contributed by atoms with Crippen molar-refractivity contribution in [1.82, 2.24) is 30.2 Å². The van der Waals surface area contributed by atoms with Gasteiger partial charge in [-0.15, -0.1) is 5.10 Å². The lowest BCUT2D eigenvalue weighted by atomic mass is 9.71. The van der Waals surface area contributed by atoms with E-state index in [1.807, 2.05) is 25.1 Å². The van der Waals surface area contributed by atoms with E-state index < -0.39 is 0 Å². The van der Waals surface area contributed by atoms with E-state index in [2.05, 4.69) is 30.8 Å². The Bertz CT molecular complexity index is 894. The highest BCUT2D eigenvalue weighted by atomic mass is 16.1. The molecular weight excluding hydrogens is 330 g/mol. The van der Waals surface area contributed by atoms with Crippen LogP contribution < -0.4 is 5.32 Å². The Morgan fingerprint density at radius 3 is 2.92 bits per heavy atom. The molecule has 3 aromatic rings. The number of hydrogen-bond donors (Lipinski definition) is 2. The van der Waals surface area contributed by atoms with E-state index in [0.29, 0.717) is 13.0 Å². The van der Waals surface area contributed by atoms with Crippen LogP contribution in [0, 0.1) is 12.3 Å². The summed E-state index contributed by atoms with van der Waals surface area (Å²) < 4.78 is 1.75. The number of nitrogens with zero attached hydrogens (tertiary/aromatic N) is 5. The number of carbonyl (C=O) groups is 1. The molecule has 0 unspecified atom stereocenters. The molecule has 8 nitrogen and oxygen atoms in total. The number of nitrogens with one attached hydrogen (secondary N) is 2. The summed E-state index contributed by atoms with van der Waals surface area (Å²) >= 11 is 0. The molecule has 2 N–H and O–H groups in total. The van der Waals surface area contributed by atoms with Crippen molar-refractivity contribution in [3.05, 3.63) is 30.4 Å². The van der Waals surface area contributed by atoms with Crippen molar-refractivity contribution < 1.29 is 4.79 Å². The topological polar surface area (TPSA) is 101 Å². The average Bonchev–Trinajstić information content (AvgIpc) is 3.23. The third-order valence-electron chi connectivity index (χ3n) is 5.22. The molecule has 1 saturated carbocycles. The third kappa shape index (κ3) is 3.58. The minimum Gasteiger partial charge on any atom is -0.342 e. The standard InChI is InChI=1S/C18H23N7O/c1-13-20-15-6-5-14(9-16(15)21-13)22-17(26)10-18(7-3-2-4-8-18)11-25-12-19-23-24-25/h5-6,9,12H,2-4,7-8,10-11H2,1H3,(H,20,21)(H,22,26). The molecule has 0 bridgehead atoms.